The molecule has 0 bridgehead atoms. The molecule has 0 aliphatic heterocycles. The second-order valence-electron chi connectivity index (χ2n) is 15.4. The quantitative estimate of drug-likeness (QED) is 0.0202. The lowest BCUT2D eigenvalue weighted by atomic mass is 10.1. The van der Waals surface area contributed by atoms with Crippen LogP contribution in [0.1, 0.15) is 213 Å². The molecule has 0 aromatic carbocycles. The average Bonchev–Trinajstić information content (AvgIpc) is 3.21. The largest absolute Gasteiger partial charge is 0.462 e. The molecule has 1 atom stereocenters. The van der Waals surface area contributed by atoms with Gasteiger partial charge in [0, 0.05) is 19.3 Å². The Labute approximate surface area is 351 Å². The van der Waals surface area contributed by atoms with Crippen molar-refractivity contribution in [3.8, 4) is 0 Å². The van der Waals surface area contributed by atoms with Crippen LogP contribution in [0.3, 0.4) is 0 Å². The predicted octanol–water partition coefficient (Wildman–Crippen LogP) is 15.1. The van der Waals surface area contributed by atoms with Gasteiger partial charge in [-0.05, 0) is 70.6 Å². The number of rotatable bonds is 41. The molecule has 0 N–H and O–H groups in total. The van der Waals surface area contributed by atoms with Crippen LogP contribution >= 0.6 is 0 Å². The van der Waals surface area contributed by atoms with E-state index in [1.54, 1.807) is 0 Å². The summed E-state index contributed by atoms with van der Waals surface area (Å²) in [6.07, 6.45) is 56.0. The number of unbranched alkanes of at least 4 members (excludes halogenated alkanes) is 21. The number of allylic oxidation sites excluding steroid dienone is 12. The highest BCUT2D eigenvalue weighted by Crippen LogP contribution is 2.13. The van der Waals surface area contributed by atoms with Crippen molar-refractivity contribution in [3.63, 3.8) is 0 Å². The zero-order chi connectivity index (χ0) is 41.5. The zero-order valence-electron chi connectivity index (χ0n) is 37.1. The molecule has 0 saturated heterocycles. The van der Waals surface area contributed by atoms with Gasteiger partial charge in [-0.1, -0.05) is 196 Å². The molecule has 0 saturated carbocycles. The van der Waals surface area contributed by atoms with E-state index in [0.717, 1.165) is 116 Å². The standard InChI is InChI=1S/C51H86O6/c1-4-7-10-13-16-19-21-23-24-25-26-27-28-30-32-35-38-41-44-50(53)56-47-48(46-55-49(52)43-40-37-34-31-18-15-12-9-6-3)57-51(54)45-42-39-36-33-29-22-20-17-14-11-8-5-2/h8,11,16-17,19-21,23-27,48H,4-7,9-10,12-15,18,22,28-47H2,1-3H3/b11-8-,19-16-,20-17-,23-21-,25-24-,27-26-. The van der Waals surface area contributed by atoms with Gasteiger partial charge in [0.15, 0.2) is 6.10 Å². The van der Waals surface area contributed by atoms with Gasteiger partial charge < -0.3 is 14.2 Å². The Hall–Kier alpha value is -3.15. The summed E-state index contributed by atoms with van der Waals surface area (Å²) in [5.41, 5.74) is 0. The molecule has 1 unspecified atom stereocenters. The van der Waals surface area contributed by atoms with Crippen LogP contribution in [0.5, 0.6) is 0 Å². The number of hydrogen-bond acceptors (Lipinski definition) is 6. The fourth-order valence-corrected chi connectivity index (χ4v) is 6.25. The highest BCUT2D eigenvalue weighted by Gasteiger charge is 2.19. The van der Waals surface area contributed by atoms with E-state index in [1.807, 2.05) is 0 Å². The minimum Gasteiger partial charge on any atom is -0.462 e. The van der Waals surface area contributed by atoms with E-state index in [-0.39, 0.29) is 31.1 Å². The van der Waals surface area contributed by atoms with Crippen LogP contribution in [-0.4, -0.2) is 37.2 Å². The van der Waals surface area contributed by atoms with Gasteiger partial charge in [-0.15, -0.1) is 0 Å². The smallest absolute Gasteiger partial charge is 0.306 e. The summed E-state index contributed by atoms with van der Waals surface area (Å²) in [6.45, 7) is 6.42. The van der Waals surface area contributed by atoms with Crippen molar-refractivity contribution in [2.45, 2.75) is 219 Å². The van der Waals surface area contributed by atoms with Crippen molar-refractivity contribution < 1.29 is 28.6 Å². The molecule has 0 aliphatic rings. The molecular formula is C51H86O6. The summed E-state index contributed by atoms with van der Waals surface area (Å²) in [6, 6.07) is 0. The van der Waals surface area contributed by atoms with Gasteiger partial charge in [0.2, 0.25) is 0 Å². The summed E-state index contributed by atoms with van der Waals surface area (Å²) < 4.78 is 16.7. The van der Waals surface area contributed by atoms with E-state index < -0.39 is 6.10 Å². The Bertz CT molecular complexity index is 1100. The predicted molar refractivity (Wildman–Crippen MR) is 242 cm³/mol. The summed E-state index contributed by atoms with van der Waals surface area (Å²) in [4.78, 5) is 37.7. The highest BCUT2D eigenvalue weighted by molar-refractivity contribution is 5.71. The molecule has 6 heteroatoms. The van der Waals surface area contributed by atoms with Gasteiger partial charge in [0.05, 0.1) is 0 Å². The van der Waals surface area contributed by atoms with Crippen molar-refractivity contribution in [2.75, 3.05) is 13.2 Å². The molecular weight excluding hydrogens is 709 g/mol. The van der Waals surface area contributed by atoms with Crippen molar-refractivity contribution in [1.82, 2.24) is 0 Å². The van der Waals surface area contributed by atoms with Crippen molar-refractivity contribution in [3.05, 3.63) is 72.9 Å². The fraction of sp³-hybridized carbons (Fsp3) is 0.706. The normalized spacial score (nSPS) is 12.7. The lowest BCUT2D eigenvalue weighted by Crippen LogP contribution is -2.30. The first kappa shape index (κ1) is 53.9. The number of carbonyl (C=O) groups excluding carboxylic acids is 3. The zero-order valence-corrected chi connectivity index (χ0v) is 37.1. The maximum Gasteiger partial charge on any atom is 0.306 e. The lowest BCUT2D eigenvalue weighted by molar-refractivity contribution is -0.167. The van der Waals surface area contributed by atoms with E-state index in [9.17, 15) is 14.4 Å². The maximum absolute atomic E-state index is 12.7. The van der Waals surface area contributed by atoms with Gasteiger partial charge in [-0.2, -0.15) is 0 Å². The van der Waals surface area contributed by atoms with Gasteiger partial charge in [-0.25, -0.2) is 0 Å². The minimum atomic E-state index is -0.788. The second kappa shape index (κ2) is 45.6. The van der Waals surface area contributed by atoms with E-state index in [1.165, 1.54) is 57.8 Å². The van der Waals surface area contributed by atoms with Gasteiger partial charge >= 0.3 is 17.9 Å². The van der Waals surface area contributed by atoms with E-state index in [0.29, 0.717) is 19.3 Å². The van der Waals surface area contributed by atoms with Crippen molar-refractivity contribution in [2.24, 2.45) is 0 Å². The Morgan fingerprint density at radius 1 is 0.386 bits per heavy atom. The molecule has 0 rings (SSSR count). The van der Waals surface area contributed by atoms with Crippen LogP contribution in [0, 0.1) is 0 Å². The third-order valence-corrected chi connectivity index (χ3v) is 9.79. The van der Waals surface area contributed by atoms with E-state index >= 15 is 0 Å². The number of hydrogen-bond donors (Lipinski definition) is 0. The summed E-state index contributed by atoms with van der Waals surface area (Å²) in [5, 5.41) is 0. The van der Waals surface area contributed by atoms with Crippen molar-refractivity contribution in [1.29, 1.82) is 0 Å². The highest BCUT2D eigenvalue weighted by atomic mass is 16.6. The first-order valence-corrected chi connectivity index (χ1v) is 23.5. The summed E-state index contributed by atoms with van der Waals surface area (Å²) in [7, 11) is 0. The van der Waals surface area contributed by atoms with Gasteiger partial charge in [-0.3, -0.25) is 14.4 Å². The molecule has 0 aromatic heterocycles. The molecule has 0 amide bonds. The minimum absolute atomic E-state index is 0.0888. The van der Waals surface area contributed by atoms with E-state index in [4.69, 9.17) is 14.2 Å². The second-order valence-corrected chi connectivity index (χ2v) is 15.4. The Kier molecular flexibility index (Phi) is 43.0. The van der Waals surface area contributed by atoms with Crippen LogP contribution in [0.25, 0.3) is 0 Å². The first-order chi connectivity index (χ1) is 28.0. The molecule has 0 radical (unpaired) electrons. The molecule has 0 fully saturated rings. The number of carbonyl (C=O) groups is 3. The van der Waals surface area contributed by atoms with Gasteiger partial charge in [0.1, 0.15) is 13.2 Å². The molecule has 326 valence electrons. The molecule has 57 heavy (non-hydrogen) atoms. The van der Waals surface area contributed by atoms with Crippen LogP contribution < -0.4 is 0 Å². The molecule has 0 aliphatic carbocycles. The van der Waals surface area contributed by atoms with Crippen molar-refractivity contribution >= 4 is 17.9 Å². The fourth-order valence-electron chi connectivity index (χ4n) is 6.25. The third kappa shape index (κ3) is 43.8. The maximum atomic E-state index is 12.7. The Balaban J connectivity index is 4.41. The molecule has 0 spiro atoms. The molecule has 0 aromatic rings. The monoisotopic (exact) mass is 795 g/mol. The topological polar surface area (TPSA) is 78.9 Å². The van der Waals surface area contributed by atoms with Crippen LogP contribution in [0.4, 0.5) is 0 Å². The van der Waals surface area contributed by atoms with Crippen LogP contribution in [0.15, 0.2) is 72.9 Å². The SMILES string of the molecule is CC/C=C\C/C=C\CCCCCCCC(=O)OC(COC(=O)CCCCCCC\C=C/C=C\C=C/C=C\CCCCC)COC(=O)CCCCCCCCCCC. The third-order valence-electron chi connectivity index (χ3n) is 9.79. The Morgan fingerprint density at radius 3 is 1.25 bits per heavy atom. The lowest BCUT2D eigenvalue weighted by Gasteiger charge is -2.18. The number of esters is 3. The van der Waals surface area contributed by atoms with Gasteiger partial charge in [0.25, 0.3) is 0 Å². The average molecular weight is 795 g/mol. The van der Waals surface area contributed by atoms with Crippen LogP contribution in [0.2, 0.25) is 0 Å². The Morgan fingerprint density at radius 2 is 0.754 bits per heavy atom. The van der Waals surface area contributed by atoms with E-state index in [2.05, 4.69) is 93.7 Å². The molecule has 6 nitrogen and oxygen atoms in total. The number of ether oxygens (including phenoxy) is 3. The summed E-state index contributed by atoms with van der Waals surface area (Å²) in [5.74, 6) is -0.934. The molecule has 0 heterocycles. The summed E-state index contributed by atoms with van der Waals surface area (Å²) >= 11 is 0. The van der Waals surface area contributed by atoms with Crippen LogP contribution in [-0.2, 0) is 28.6 Å². The first-order valence-electron chi connectivity index (χ1n) is 23.5.